The molecule has 14 nitrogen and oxygen atoms in total. The molecule has 0 spiro atoms. The molecule has 0 saturated carbocycles. The second kappa shape index (κ2) is 13.2. The van der Waals surface area contributed by atoms with Crippen LogP contribution in [0.4, 0.5) is 11.4 Å². The Balaban J connectivity index is 1.76. The lowest BCUT2D eigenvalue weighted by Crippen LogP contribution is -2.30. The normalized spacial score (nSPS) is 12.4. The van der Waals surface area contributed by atoms with Crippen molar-refractivity contribution in [3.8, 4) is 0 Å². The molecule has 1 unspecified atom stereocenters. The lowest BCUT2D eigenvalue weighted by atomic mass is 10.2. The van der Waals surface area contributed by atoms with E-state index in [2.05, 4.69) is 0 Å². The van der Waals surface area contributed by atoms with Crippen LogP contribution in [0.3, 0.4) is 0 Å². The summed E-state index contributed by atoms with van der Waals surface area (Å²) < 4.78 is 65.8. The van der Waals surface area contributed by atoms with Crippen LogP contribution in [-0.2, 0) is 44.7 Å². The molecule has 3 aromatic carbocycles. The Morgan fingerprint density at radius 1 is 0.750 bits per heavy atom. The summed E-state index contributed by atoms with van der Waals surface area (Å²) in [7, 11) is -9.45. The molecule has 0 N–H and O–H groups in total. The van der Waals surface area contributed by atoms with Crippen molar-refractivity contribution < 1.29 is 44.6 Å². The number of nitro groups is 2. The van der Waals surface area contributed by atoms with Crippen LogP contribution in [0.5, 0.6) is 0 Å². The number of hydrogen-bond donors (Lipinski definition) is 0. The van der Waals surface area contributed by atoms with Gasteiger partial charge in [0, 0.05) is 12.1 Å². The zero-order valence-electron chi connectivity index (χ0n) is 20.5. The van der Waals surface area contributed by atoms with Crippen molar-refractivity contribution in [2.75, 3.05) is 6.61 Å². The summed E-state index contributed by atoms with van der Waals surface area (Å²) in [5.74, 6) is -1.13. The van der Waals surface area contributed by atoms with Gasteiger partial charge < -0.3 is 4.74 Å². The third-order valence-electron chi connectivity index (χ3n) is 5.24. The quantitative estimate of drug-likeness (QED) is 0.0866. The Hall–Kier alpha value is -4.25. The Bertz CT molecular complexity index is 1590. The van der Waals surface area contributed by atoms with Crippen molar-refractivity contribution in [2.45, 2.75) is 35.3 Å². The van der Waals surface area contributed by atoms with Crippen molar-refractivity contribution in [1.29, 1.82) is 0 Å². The third kappa shape index (κ3) is 7.89. The summed E-state index contributed by atoms with van der Waals surface area (Å²) in [6, 6.07) is 17.3. The summed E-state index contributed by atoms with van der Waals surface area (Å²) in [6.45, 7) is -0.848. The van der Waals surface area contributed by atoms with E-state index in [0.29, 0.717) is 5.56 Å². The Morgan fingerprint density at radius 3 is 1.80 bits per heavy atom. The molecule has 1 atom stereocenters. The molecule has 0 heterocycles. The maximum absolute atomic E-state index is 12.9. The monoisotopic (exact) mass is 594 g/mol. The number of ether oxygens (including phenoxy) is 1. The summed E-state index contributed by atoms with van der Waals surface area (Å²) >= 11 is 0. The van der Waals surface area contributed by atoms with Gasteiger partial charge in [-0.25, -0.2) is 4.79 Å². The van der Waals surface area contributed by atoms with E-state index >= 15 is 0 Å². The molecule has 0 radical (unpaired) electrons. The smallest absolute Gasteiger partial charge is 0.337 e. The van der Waals surface area contributed by atoms with Gasteiger partial charge in [-0.1, -0.05) is 54.6 Å². The molecule has 0 aromatic heterocycles. The number of carbonyl (C=O) groups is 1. The van der Waals surface area contributed by atoms with Crippen LogP contribution >= 0.6 is 0 Å². The fraction of sp³-hybridized carbons (Fsp3) is 0.208. The van der Waals surface area contributed by atoms with Crippen LogP contribution < -0.4 is 0 Å². The van der Waals surface area contributed by atoms with Gasteiger partial charge in [-0.15, -0.1) is 0 Å². The molecular formula is C24H22N2O12S2. The minimum absolute atomic E-state index is 0.242. The predicted octanol–water partition coefficient (Wildman–Crippen LogP) is 3.51. The van der Waals surface area contributed by atoms with Gasteiger partial charge in [-0.3, -0.25) is 28.6 Å². The summed E-state index contributed by atoms with van der Waals surface area (Å²) in [6.07, 6.45) is -2.55. The summed E-state index contributed by atoms with van der Waals surface area (Å²) in [5.41, 5.74) is -0.906. The number of carbonyl (C=O) groups excluding carboxylic acids is 1. The zero-order valence-corrected chi connectivity index (χ0v) is 22.2. The molecule has 0 bridgehead atoms. The molecule has 0 aliphatic rings. The summed E-state index contributed by atoms with van der Waals surface area (Å²) in [5, 5.41) is 22.5. The van der Waals surface area contributed by atoms with Gasteiger partial charge in [0.15, 0.2) is 15.9 Å². The highest BCUT2D eigenvalue weighted by Crippen LogP contribution is 2.27. The molecule has 16 heteroatoms. The number of esters is 1. The van der Waals surface area contributed by atoms with Gasteiger partial charge in [0.05, 0.1) is 16.5 Å². The van der Waals surface area contributed by atoms with Crippen LogP contribution in [0.15, 0.2) is 88.7 Å². The minimum Gasteiger partial charge on any atom is -0.459 e. The van der Waals surface area contributed by atoms with Gasteiger partial charge in [0.25, 0.3) is 11.4 Å². The highest BCUT2D eigenvalue weighted by Gasteiger charge is 2.33. The van der Waals surface area contributed by atoms with E-state index in [-0.39, 0.29) is 13.0 Å². The van der Waals surface area contributed by atoms with Crippen molar-refractivity contribution in [2.24, 2.45) is 0 Å². The standard InChI is InChI=1S/C24H22N2O12S2/c27-24(36-17-18-9-2-1-3-10-18)21(38-40(34,35)23-15-7-5-12-20(23)26(30)31)13-8-16-37-39(32,33)22-14-6-4-11-19(22)25(28)29/h1-7,9-12,14-15,21H,8,13,16-17H2. The van der Waals surface area contributed by atoms with Gasteiger partial charge in [0.1, 0.15) is 6.61 Å². The lowest BCUT2D eigenvalue weighted by molar-refractivity contribution is -0.388. The molecule has 0 amide bonds. The number of nitro benzene ring substituents is 2. The van der Waals surface area contributed by atoms with Gasteiger partial charge >= 0.3 is 26.2 Å². The largest absolute Gasteiger partial charge is 0.459 e. The van der Waals surface area contributed by atoms with Crippen molar-refractivity contribution in [1.82, 2.24) is 0 Å². The van der Waals surface area contributed by atoms with E-state index in [0.717, 1.165) is 24.3 Å². The second-order valence-corrected chi connectivity index (χ2v) is 11.1. The first kappa shape index (κ1) is 30.3. The van der Waals surface area contributed by atoms with Crippen LogP contribution in [0.1, 0.15) is 18.4 Å². The molecule has 3 aromatic rings. The maximum Gasteiger partial charge on any atom is 0.337 e. The summed E-state index contributed by atoms with van der Waals surface area (Å²) in [4.78, 5) is 32.0. The first-order valence-electron chi connectivity index (χ1n) is 11.4. The topological polar surface area (TPSA) is 199 Å². The van der Waals surface area contributed by atoms with E-state index in [1.165, 1.54) is 24.3 Å². The molecule has 212 valence electrons. The highest BCUT2D eigenvalue weighted by atomic mass is 32.2. The fourth-order valence-corrected chi connectivity index (χ4v) is 5.71. The maximum atomic E-state index is 12.9. The first-order chi connectivity index (χ1) is 18.9. The van der Waals surface area contributed by atoms with Gasteiger partial charge in [-0.2, -0.15) is 16.8 Å². The van der Waals surface area contributed by atoms with E-state index in [4.69, 9.17) is 13.1 Å². The number of benzene rings is 3. The second-order valence-electron chi connectivity index (χ2n) is 8.00. The highest BCUT2D eigenvalue weighted by molar-refractivity contribution is 7.87. The van der Waals surface area contributed by atoms with Crippen LogP contribution in [0.2, 0.25) is 0 Å². The molecule has 40 heavy (non-hydrogen) atoms. The minimum atomic E-state index is -4.86. The lowest BCUT2D eigenvalue weighted by Gasteiger charge is -2.17. The molecule has 0 aliphatic carbocycles. The SMILES string of the molecule is O=C(OCc1ccccc1)C(CCCOS(=O)(=O)c1ccccc1[N+](=O)[O-])OS(=O)(=O)c1ccccc1[N+](=O)[O-]. The van der Waals surface area contributed by atoms with E-state index in [1.807, 2.05) is 0 Å². The fourth-order valence-electron chi connectivity index (χ4n) is 3.37. The van der Waals surface area contributed by atoms with Crippen LogP contribution in [-0.4, -0.2) is 45.4 Å². The Labute approximate surface area is 228 Å². The molecule has 0 saturated heterocycles. The third-order valence-corrected chi connectivity index (χ3v) is 7.97. The molecule has 0 fully saturated rings. The average molecular weight is 595 g/mol. The van der Waals surface area contributed by atoms with Crippen molar-refractivity contribution >= 4 is 37.6 Å². The molecular weight excluding hydrogens is 572 g/mol. The first-order valence-corrected chi connectivity index (χ1v) is 14.2. The Morgan fingerprint density at radius 2 is 1.25 bits per heavy atom. The zero-order chi connectivity index (χ0) is 29.3. The van der Waals surface area contributed by atoms with Crippen LogP contribution in [0, 0.1) is 20.2 Å². The van der Waals surface area contributed by atoms with E-state index in [1.54, 1.807) is 30.3 Å². The Kier molecular flexibility index (Phi) is 10.0. The molecule has 0 aliphatic heterocycles. The number of rotatable bonds is 14. The van der Waals surface area contributed by atoms with E-state index in [9.17, 15) is 41.9 Å². The number of hydrogen-bond acceptors (Lipinski definition) is 12. The van der Waals surface area contributed by atoms with Gasteiger partial charge in [-0.05, 0) is 30.5 Å². The van der Waals surface area contributed by atoms with Crippen LogP contribution in [0.25, 0.3) is 0 Å². The predicted molar refractivity (Wildman–Crippen MR) is 137 cm³/mol. The van der Waals surface area contributed by atoms with E-state index < -0.39 is 76.3 Å². The number of para-hydroxylation sites is 2. The van der Waals surface area contributed by atoms with Gasteiger partial charge in [0.2, 0.25) is 0 Å². The van der Waals surface area contributed by atoms with Crippen molar-refractivity contribution in [3.05, 3.63) is 105 Å². The average Bonchev–Trinajstić information content (AvgIpc) is 2.93. The van der Waals surface area contributed by atoms with Crippen molar-refractivity contribution in [3.63, 3.8) is 0 Å². The molecule has 3 rings (SSSR count). The number of nitrogens with zero attached hydrogens (tertiary/aromatic N) is 2.